The van der Waals surface area contributed by atoms with Gasteiger partial charge in [-0.2, -0.15) is 0 Å². The average molecular weight is 415 g/mol. The van der Waals surface area contributed by atoms with Crippen molar-refractivity contribution in [2.24, 2.45) is 11.8 Å². The molecule has 0 aromatic heterocycles. The molecular weight excluding hydrogens is 392 g/mol. The van der Waals surface area contributed by atoms with E-state index in [0.29, 0.717) is 11.6 Å². The van der Waals surface area contributed by atoms with Gasteiger partial charge in [-0.1, -0.05) is 22.4 Å². The molecule has 24 heavy (non-hydrogen) atoms. The first-order chi connectivity index (χ1) is 11.2. The van der Waals surface area contributed by atoms with E-state index in [1.807, 2.05) is 6.92 Å². The zero-order valence-corrected chi connectivity index (χ0v) is 16.4. The van der Waals surface area contributed by atoms with E-state index in [1.54, 1.807) is 18.2 Å². The second-order valence-corrected chi connectivity index (χ2v) is 9.81. The molecule has 0 heterocycles. The Bertz CT molecular complexity index is 750. The summed E-state index contributed by atoms with van der Waals surface area (Å²) in [6.45, 7) is 1.72. The van der Waals surface area contributed by atoms with Gasteiger partial charge in [0.25, 0.3) is 0 Å². The van der Waals surface area contributed by atoms with Crippen LogP contribution in [0.4, 0.5) is 5.69 Å². The molecule has 0 radical (unpaired) electrons. The normalized spacial score (nSPS) is 25.7. The zero-order valence-electron chi connectivity index (χ0n) is 14.0. The summed E-state index contributed by atoms with van der Waals surface area (Å²) in [6, 6.07) is 5.50. The quantitative estimate of drug-likeness (QED) is 0.805. The van der Waals surface area contributed by atoms with Crippen molar-refractivity contribution < 1.29 is 13.2 Å². The number of carbonyl (C=O) groups excluding carboxylic acids is 1. The second-order valence-electron chi connectivity index (χ2n) is 7.05. The molecule has 1 aromatic carbocycles. The van der Waals surface area contributed by atoms with Gasteiger partial charge in [-0.25, -0.2) is 8.42 Å². The van der Waals surface area contributed by atoms with Gasteiger partial charge in [-0.3, -0.25) is 9.10 Å². The molecule has 132 valence electrons. The molecule has 7 heteroatoms. The summed E-state index contributed by atoms with van der Waals surface area (Å²) in [5.41, 5.74) is 1.44. The van der Waals surface area contributed by atoms with Crippen LogP contribution in [0.1, 0.15) is 31.2 Å². The lowest BCUT2D eigenvalue weighted by Crippen LogP contribution is -2.45. The molecule has 2 aliphatic rings. The molecule has 1 N–H and O–H groups in total. The van der Waals surface area contributed by atoms with Crippen molar-refractivity contribution in [3.63, 3.8) is 0 Å². The molecule has 0 aliphatic heterocycles. The Hall–Kier alpha value is -1.08. The van der Waals surface area contributed by atoms with Gasteiger partial charge in [-0.15, -0.1) is 0 Å². The first-order valence-corrected chi connectivity index (χ1v) is 10.9. The molecule has 3 rings (SSSR count). The molecule has 0 spiro atoms. The lowest BCUT2D eigenvalue weighted by atomic mass is 9.95. The molecule has 2 bridgehead atoms. The lowest BCUT2D eigenvalue weighted by Gasteiger charge is -2.26. The standard InChI is InChI=1S/C17H23BrN2O3S/c1-11-7-14(5-6-15(11)18)20(24(2,22)23)10-17(21)19-16-9-12-3-4-13(16)8-12/h5-7,12-13,16H,3-4,8-10H2,1-2H3,(H,19,21)/t12-,13-,16+/m0/s1. The van der Waals surface area contributed by atoms with E-state index in [0.717, 1.165) is 28.6 Å². The number of halogens is 1. The number of hydrogen-bond acceptors (Lipinski definition) is 3. The third kappa shape index (κ3) is 3.77. The summed E-state index contributed by atoms with van der Waals surface area (Å²) in [4.78, 5) is 12.4. The summed E-state index contributed by atoms with van der Waals surface area (Å²) in [6.07, 6.45) is 5.82. The van der Waals surface area contributed by atoms with Crippen LogP contribution in [0.2, 0.25) is 0 Å². The van der Waals surface area contributed by atoms with Gasteiger partial charge in [0.1, 0.15) is 6.54 Å². The van der Waals surface area contributed by atoms with Crippen LogP contribution in [0.25, 0.3) is 0 Å². The first-order valence-electron chi connectivity index (χ1n) is 8.27. The number of carbonyl (C=O) groups is 1. The molecule has 3 atom stereocenters. The van der Waals surface area contributed by atoms with Crippen LogP contribution in [-0.2, 0) is 14.8 Å². The van der Waals surface area contributed by atoms with Gasteiger partial charge in [0.2, 0.25) is 15.9 Å². The summed E-state index contributed by atoms with van der Waals surface area (Å²) in [5, 5.41) is 3.05. The third-order valence-electron chi connectivity index (χ3n) is 5.20. The third-order valence-corrected chi connectivity index (χ3v) is 7.23. The van der Waals surface area contributed by atoms with Crippen molar-refractivity contribution in [3.8, 4) is 0 Å². The topological polar surface area (TPSA) is 66.5 Å². The minimum Gasteiger partial charge on any atom is -0.352 e. The van der Waals surface area contributed by atoms with Gasteiger partial charge >= 0.3 is 0 Å². The van der Waals surface area contributed by atoms with E-state index in [-0.39, 0.29) is 18.5 Å². The maximum absolute atomic E-state index is 12.4. The van der Waals surface area contributed by atoms with E-state index in [2.05, 4.69) is 21.2 Å². The number of sulfonamides is 1. The summed E-state index contributed by atoms with van der Waals surface area (Å²) >= 11 is 3.41. The fourth-order valence-corrected chi connectivity index (χ4v) is 5.08. The molecule has 5 nitrogen and oxygen atoms in total. The number of rotatable bonds is 5. The molecule has 2 saturated carbocycles. The Morgan fingerprint density at radius 2 is 2.08 bits per heavy atom. The van der Waals surface area contributed by atoms with Gasteiger partial charge in [0.05, 0.1) is 11.9 Å². The van der Waals surface area contributed by atoms with Crippen LogP contribution in [0.3, 0.4) is 0 Å². The van der Waals surface area contributed by atoms with Crippen molar-refractivity contribution in [2.75, 3.05) is 17.1 Å². The predicted octanol–water partition coefficient (Wildman–Crippen LogP) is 2.83. The Morgan fingerprint density at radius 1 is 1.33 bits per heavy atom. The summed E-state index contributed by atoms with van der Waals surface area (Å²) in [7, 11) is -3.53. The van der Waals surface area contributed by atoms with Crippen molar-refractivity contribution in [1.82, 2.24) is 5.32 Å². The number of aryl methyl sites for hydroxylation is 1. The van der Waals surface area contributed by atoms with Crippen LogP contribution in [0.5, 0.6) is 0 Å². The van der Waals surface area contributed by atoms with Crippen LogP contribution >= 0.6 is 15.9 Å². The number of nitrogens with one attached hydrogen (secondary N) is 1. The highest BCUT2D eigenvalue weighted by Gasteiger charge is 2.40. The maximum Gasteiger partial charge on any atom is 0.241 e. The monoisotopic (exact) mass is 414 g/mol. The van der Waals surface area contributed by atoms with Gasteiger partial charge < -0.3 is 5.32 Å². The van der Waals surface area contributed by atoms with Crippen molar-refractivity contribution in [2.45, 2.75) is 38.6 Å². The smallest absolute Gasteiger partial charge is 0.241 e. The Kier molecular flexibility index (Phi) is 4.93. The summed E-state index contributed by atoms with van der Waals surface area (Å²) < 4.78 is 26.4. The average Bonchev–Trinajstić information content (AvgIpc) is 3.09. The summed E-state index contributed by atoms with van der Waals surface area (Å²) in [5.74, 6) is 1.08. The van der Waals surface area contributed by atoms with Crippen molar-refractivity contribution >= 4 is 37.5 Å². The predicted molar refractivity (Wildman–Crippen MR) is 98.4 cm³/mol. The molecule has 0 unspecified atom stereocenters. The zero-order chi connectivity index (χ0) is 17.5. The fraction of sp³-hybridized carbons (Fsp3) is 0.588. The minimum atomic E-state index is -3.53. The van der Waals surface area contributed by atoms with Crippen molar-refractivity contribution in [3.05, 3.63) is 28.2 Å². The van der Waals surface area contributed by atoms with E-state index in [4.69, 9.17) is 0 Å². The maximum atomic E-state index is 12.4. The largest absolute Gasteiger partial charge is 0.352 e. The Morgan fingerprint density at radius 3 is 2.62 bits per heavy atom. The molecule has 2 aliphatic carbocycles. The number of benzene rings is 1. The van der Waals surface area contributed by atoms with Gasteiger partial charge in [-0.05, 0) is 61.8 Å². The number of anilines is 1. The molecule has 1 amide bonds. The lowest BCUT2D eigenvalue weighted by molar-refractivity contribution is -0.120. The minimum absolute atomic E-state index is 0.173. The number of nitrogens with zero attached hydrogens (tertiary/aromatic N) is 1. The van der Waals surface area contributed by atoms with E-state index in [1.165, 1.54) is 23.6 Å². The molecule has 0 saturated heterocycles. The molecule has 2 fully saturated rings. The Labute approximate surface area is 152 Å². The van der Waals surface area contributed by atoms with Crippen LogP contribution in [0.15, 0.2) is 22.7 Å². The number of amides is 1. The molecule has 1 aromatic rings. The van der Waals surface area contributed by atoms with E-state index in [9.17, 15) is 13.2 Å². The Balaban J connectivity index is 1.72. The second kappa shape index (κ2) is 6.67. The highest BCUT2D eigenvalue weighted by atomic mass is 79.9. The van der Waals surface area contributed by atoms with Crippen LogP contribution in [0, 0.1) is 18.8 Å². The van der Waals surface area contributed by atoms with Gasteiger partial charge in [0, 0.05) is 10.5 Å². The van der Waals surface area contributed by atoms with E-state index >= 15 is 0 Å². The van der Waals surface area contributed by atoms with Crippen LogP contribution < -0.4 is 9.62 Å². The van der Waals surface area contributed by atoms with E-state index < -0.39 is 10.0 Å². The number of hydrogen-bond donors (Lipinski definition) is 1. The highest BCUT2D eigenvalue weighted by Crippen LogP contribution is 2.44. The molecular formula is C17H23BrN2O3S. The SMILES string of the molecule is Cc1cc(N(CC(=O)N[C@@H]2C[C@H]3CC[C@H]2C3)S(C)(=O)=O)ccc1Br. The highest BCUT2D eigenvalue weighted by molar-refractivity contribution is 9.10. The van der Waals surface area contributed by atoms with Crippen molar-refractivity contribution in [1.29, 1.82) is 0 Å². The number of fused-ring (bicyclic) bond motifs is 2. The van der Waals surface area contributed by atoms with Crippen LogP contribution in [-0.4, -0.2) is 33.2 Å². The van der Waals surface area contributed by atoms with Gasteiger partial charge in [0.15, 0.2) is 0 Å². The fourth-order valence-electron chi connectivity index (χ4n) is 3.99. The first kappa shape index (κ1) is 17.7.